The summed E-state index contributed by atoms with van der Waals surface area (Å²) in [4.78, 5) is 20.1. The van der Waals surface area contributed by atoms with Crippen molar-refractivity contribution in [3.63, 3.8) is 0 Å². The second-order valence-corrected chi connectivity index (χ2v) is 4.65. The summed E-state index contributed by atoms with van der Waals surface area (Å²) in [6.07, 6.45) is 0.428. The fraction of sp³-hybridized carbons (Fsp3) is 0.615. The van der Waals surface area contributed by atoms with Crippen molar-refractivity contribution in [3.8, 4) is 0 Å². The topological polar surface area (TPSA) is 78.9 Å². The fourth-order valence-electron chi connectivity index (χ4n) is 1.59. The van der Waals surface area contributed by atoms with Gasteiger partial charge in [-0.2, -0.15) is 4.98 Å². The highest BCUT2D eigenvalue weighted by atomic mass is 16.1. The number of nitrogens with one attached hydrogen (secondary N) is 3. The van der Waals surface area contributed by atoms with Gasteiger partial charge in [-0.1, -0.05) is 0 Å². The van der Waals surface area contributed by atoms with E-state index in [0.717, 1.165) is 18.1 Å². The summed E-state index contributed by atoms with van der Waals surface area (Å²) in [6.45, 7) is 9.14. The molecule has 0 unspecified atom stereocenters. The van der Waals surface area contributed by atoms with Crippen LogP contribution < -0.4 is 16.0 Å². The van der Waals surface area contributed by atoms with E-state index in [1.807, 2.05) is 33.8 Å². The van der Waals surface area contributed by atoms with Crippen molar-refractivity contribution in [2.24, 2.45) is 0 Å². The number of rotatable bonds is 7. The summed E-state index contributed by atoms with van der Waals surface area (Å²) in [5.41, 5.74) is 0.889. The molecule has 19 heavy (non-hydrogen) atoms. The lowest BCUT2D eigenvalue weighted by Crippen LogP contribution is -2.31. The van der Waals surface area contributed by atoms with Crippen LogP contribution in [-0.2, 0) is 4.79 Å². The molecule has 1 amide bonds. The Bertz CT molecular complexity index is 419. The van der Waals surface area contributed by atoms with Crippen LogP contribution in [0, 0.1) is 6.92 Å². The quantitative estimate of drug-likeness (QED) is 0.697. The molecule has 1 aromatic heterocycles. The lowest BCUT2D eigenvalue weighted by atomic mass is 10.3. The average molecular weight is 265 g/mol. The van der Waals surface area contributed by atoms with Crippen molar-refractivity contribution in [2.45, 2.75) is 40.2 Å². The lowest BCUT2D eigenvalue weighted by molar-refractivity contribution is -0.121. The molecular weight excluding hydrogens is 242 g/mol. The lowest BCUT2D eigenvalue weighted by Gasteiger charge is -2.10. The highest BCUT2D eigenvalue weighted by Crippen LogP contribution is 2.09. The summed E-state index contributed by atoms with van der Waals surface area (Å²) in [6, 6.07) is 2.04. The highest BCUT2D eigenvalue weighted by molar-refractivity contribution is 5.76. The molecule has 6 nitrogen and oxygen atoms in total. The number of aryl methyl sites for hydroxylation is 1. The number of hydrogen-bond donors (Lipinski definition) is 3. The van der Waals surface area contributed by atoms with Crippen LogP contribution in [0.5, 0.6) is 0 Å². The summed E-state index contributed by atoms with van der Waals surface area (Å²) in [5.74, 6) is 1.39. The van der Waals surface area contributed by atoms with Crippen molar-refractivity contribution in [2.75, 3.05) is 23.7 Å². The number of carbonyl (C=O) groups excluding carboxylic acids is 1. The molecule has 0 saturated heterocycles. The first-order chi connectivity index (χ1) is 9.01. The van der Waals surface area contributed by atoms with E-state index >= 15 is 0 Å². The maximum atomic E-state index is 11.5. The number of anilines is 2. The summed E-state index contributed by atoms with van der Waals surface area (Å²) in [5, 5.41) is 9.06. The SMILES string of the molecule is CCNc1nc(C)cc(NCCC(=O)NC(C)C)n1. The Morgan fingerprint density at radius 2 is 2.05 bits per heavy atom. The number of nitrogens with zero attached hydrogens (tertiary/aromatic N) is 2. The van der Waals surface area contributed by atoms with Crippen LogP contribution in [0.1, 0.15) is 32.9 Å². The van der Waals surface area contributed by atoms with Gasteiger partial charge in [0.1, 0.15) is 5.82 Å². The van der Waals surface area contributed by atoms with E-state index in [2.05, 4.69) is 25.9 Å². The van der Waals surface area contributed by atoms with Gasteiger partial charge in [0.05, 0.1) is 0 Å². The molecule has 0 spiro atoms. The Morgan fingerprint density at radius 3 is 2.68 bits per heavy atom. The molecule has 0 bridgehead atoms. The molecule has 3 N–H and O–H groups in total. The van der Waals surface area contributed by atoms with Gasteiger partial charge < -0.3 is 16.0 Å². The monoisotopic (exact) mass is 265 g/mol. The van der Waals surface area contributed by atoms with E-state index in [1.54, 1.807) is 0 Å². The van der Waals surface area contributed by atoms with Crippen molar-refractivity contribution in [1.82, 2.24) is 15.3 Å². The molecule has 106 valence electrons. The average Bonchev–Trinajstić information content (AvgIpc) is 2.27. The molecule has 0 aromatic carbocycles. The first-order valence-corrected chi connectivity index (χ1v) is 6.64. The van der Waals surface area contributed by atoms with Gasteiger partial charge in [0.15, 0.2) is 0 Å². The number of aromatic nitrogens is 2. The zero-order chi connectivity index (χ0) is 14.3. The molecule has 0 aliphatic carbocycles. The predicted octanol–water partition coefficient (Wildman–Crippen LogP) is 1.54. The predicted molar refractivity (Wildman–Crippen MR) is 77.3 cm³/mol. The number of amides is 1. The Hall–Kier alpha value is -1.85. The van der Waals surface area contributed by atoms with Gasteiger partial charge in [-0.25, -0.2) is 4.98 Å². The molecule has 0 aliphatic heterocycles. The third kappa shape index (κ3) is 6.03. The van der Waals surface area contributed by atoms with Crippen LogP contribution >= 0.6 is 0 Å². The van der Waals surface area contributed by atoms with Crippen LogP contribution in [0.2, 0.25) is 0 Å². The van der Waals surface area contributed by atoms with E-state index in [9.17, 15) is 4.79 Å². The van der Waals surface area contributed by atoms with Crippen LogP contribution in [0.25, 0.3) is 0 Å². The molecule has 0 saturated carbocycles. The third-order valence-electron chi connectivity index (χ3n) is 2.30. The van der Waals surface area contributed by atoms with Crippen molar-refractivity contribution < 1.29 is 4.79 Å². The van der Waals surface area contributed by atoms with Gasteiger partial charge >= 0.3 is 0 Å². The summed E-state index contributed by atoms with van der Waals surface area (Å²) >= 11 is 0. The minimum atomic E-state index is 0.0418. The van der Waals surface area contributed by atoms with E-state index in [4.69, 9.17) is 0 Å². The van der Waals surface area contributed by atoms with Crippen LogP contribution in [0.4, 0.5) is 11.8 Å². The molecule has 0 radical (unpaired) electrons. The molecule has 0 atom stereocenters. The normalized spacial score (nSPS) is 10.4. The zero-order valence-corrected chi connectivity index (χ0v) is 12.1. The zero-order valence-electron chi connectivity index (χ0n) is 12.1. The number of carbonyl (C=O) groups is 1. The van der Waals surface area contributed by atoms with Crippen molar-refractivity contribution in [1.29, 1.82) is 0 Å². The van der Waals surface area contributed by atoms with E-state index in [-0.39, 0.29) is 11.9 Å². The third-order valence-corrected chi connectivity index (χ3v) is 2.30. The van der Waals surface area contributed by atoms with E-state index in [1.165, 1.54) is 0 Å². The van der Waals surface area contributed by atoms with Gasteiger partial charge in [-0.05, 0) is 27.7 Å². The molecular formula is C13H23N5O. The molecule has 6 heteroatoms. The summed E-state index contributed by atoms with van der Waals surface area (Å²) in [7, 11) is 0. The van der Waals surface area contributed by atoms with E-state index in [0.29, 0.717) is 18.9 Å². The van der Waals surface area contributed by atoms with Crippen molar-refractivity contribution in [3.05, 3.63) is 11.8 Å². The fourth-order valence-corrected chi connectivity index (χ4v) is 1.59. The first kappa shape index (κ1) is 15.2. The van der Waals surface area contributed by atoms with Gasteiger partial charge in [0, 0.05) is 37.3 Å². The van der Waals surface area contributed by atoms with Crippen LogP contribution in [0.3, 0.4) is 0 Å². The van der Waals surface area contributed by atoms with Crippen molar-refractivity contribution >= 4 is 17.7 Å². The largest absolute Gasteiger partial charge is 0.369 e. The van der Waals surface area contributed by atoms with Crippen LogP contribution in [-0.4, -0.2) is 35.0 Å². The van der Waals surface area contributed by atoms with Gasteiger partial charge in [0.2, 0.25) is 11.9 Å². The van der Waals surface area contributed by atoms with Gasteiger partial charge in [-0.15, -0.1) is 0 Å². The molecule has 1 aromatic rings. The minimum absolute atomic E-state index is 0.0418. The van der Waals surface area contributed by atoms with Crippen LogP contribution in [0.15, 0.2) is 6.07 Å². The first-order valence-electron chi connectivity index (χ1n) is 6.64. The number of hydrogen-bond acceptors (Lipinski definition) is 5. The maximum absolute atomic E-state index is 11.5. The Balaban J connectivity index is 2.46. The molecule has 0 aliphatic rings. The molecule has 1 rings (SSSR count). The molecule has 0 fully saturated rings. The second-order valence-electron chi connectivity index (χ2n) is 4.65. The molecule has 1 heterocycles. The highest BCUT2D eigenvalue weighted by Gasteiger charge is 2.04. The Morgan fingerprint density at radius 1 is 1.32 bits per heavy atom. The summed E-state index contributed by atoms with van der Waals surface area (Å²) < 4.78 is 0. The Kier molecular flexibility index (Phi) is 6.05. The van der Waals surface area contributed by atoms with Gasteiger partial charge in [-0.3, -0.25) is 4.79 Å². The smallest absolute Gasteiger partial charge is 0.224 e. The van der Waals surface area contributed by atoms with Gasteiger partial charge in [0.25, 0.3) is 0 Å². The minimum Gasteiger partial charge on any atom is -0.369 e. The second kappa shape index (κ2) is 7.56. The van der Waals surface area contributed by atoms with E-state index < -0.39 is 0 Å². The maximum Gasteiger partial charge on any atom is 0.224 e. The standard InChI is InChI=1S/C13H23N5O/c1-5-14-13-17-10(4)8-11(18-13)15-7-6-12(19)16-9(2)3/h8-9H,5-7H2,1-4H3,(H,16,19)(H2,14,15,17,18). The Labute approximate surface area is 114 Å².